The van der Waals surface area contributed by atoms with E-state index in [9.17, 15) is 8.42 Å². The fraction of sp³-hybridized carbons (Fsp3) is 0.333. The van der Waals surface area contributed by atoms with Crippen LogP contribution < -0.4 is 13.8 Å². The zero-order valence-electron chi connectivity index (χ0n) is 18.5. The van der Waals surface area contributed by atoms with Crippen LogP contribution in [-0.2, 0) is 29.7 Å². The van der Waals surface area contributed by atoms with Gasteiger partial charge >= 0.3 is 10.2 Å². The van der Waals surface area contributed by atoms with Gasteiger partial charge in [-0.3, -0.25) is 4.31 Å². The minimum atomic E-state index is -3.57. The molecule has 2 fully saturated rings. The highest BCUT2D eigenvalue weighted by atomic mass is 32.2. The normalized spacial score (nSPS) is 27.3. The molecule has 3 atom stereocenters. The highest BCUT2D eigenvalue weighted by Crippen LogP contribution is 2.51. The van der Waals surface area contributed by atoms with Crippen molar-refractivity contribution < 1.29 is 13.2 Å². The minimum absolute atomic E-state index is 0.275. The number of nitrogens with one attached hydrogen (secondary N) is 1. The molecular formula is C27H28N2O3S. The van der Waals surface area contributed by atoms with Gasteiger partial charge in [-0.05, 0) is 78.5 Å². The predicted molar refractivity (Wildman–Crippen MR) is 129 cm³/mol. The number of para-hydroxylation sites is 1. The monoisotopic (exact) mass is 460 g/mol. The van der Waals surface area contributed by atoms with Crippen molar-refractivity contribution in [2.45, 2.75) is 37.8 Å². The van der Waals surface area contributed by atoms with Crippen LogP contribution in [0.1, 0.15) is 29.5 Å². The topological polar surface area (TPSA) is 58.6 Å². The zero-order chi connectivity index (χ0) is 22.5. The fourth-order valence-electron chi connectivity index (χ4n) is 6.07. The van der Waals surface area contributed by atoms with Crippen molar-refractivity contribution in [3.8, 4) is 5.75 Å². The summed E-state index contributed by atoms with van der Waals surface area (Å²) in [4.78, 5) is 0. The van der Waals surface area contributed by atoms with Crippen LogP contribution in [0.3, 0.4) is 0 Å². The average molecular weight is 461 g/mol. The molecule has 2 aliphatic carbocycles. The van der Waals surface area contributed by atoms with Gasteiger partial charge in [-0.15, -0.1) is 0 Å². The minimum Gasteiger partial charge on any atom is -0.489 e. The molecule has 3 aliphatic rings. The van der Waals surface area contributed by atoms with E-state index >= 15 is 0 Å². The molecule has 1 saturated carbocycles. The van der Waals surface area contributed by atoms with Gasteiger partial charge in [0.15, 0.2) is 0 Å². The van der Waals surface area contributed by atoms with Gasteiger partial charge < -0.3 is 4.74 Å². The molecule has 3 aromatic carbocycles. The van der Waals surface area contributed by atoms with Gasteiger partial charge in [0.05, 0.1) is 17.8 Å². The number of rotatable bonds is 4. The van der Waals surface area contributed by atoms with Gasteiger partial charge in [0, 0.05) is 0 Å². The molecule has 1 heterocycles. The Morgan fingerprint density at radius 1 is 0.879 bits per heavy atom. The third-order valence-corrected chi connectivity index (χ3v) is 9.30. The zero-order valence-corrected chi connectivity index (χ0v) is 19.3. The largest absolute Gasteiger partial charge is 0.489 e. The number of hydrogen-bond acceptors (Lipinski definition) is 3. The first-order valence-electron chi connectivity index (χ1n) is 11.7. The summed E-state index contributed by atoms with van der Waals surface area (Å²) >= 11 is 0. The maximum atomic E-state index is 13.2. The van der Waals surface area contributed by atoms with Gasteiger partial charge in [0.25, 0.3) is 0 Å². The summed E-state index contributed by atoms with van der Waals surface area (Å²) in [6.45, 7) is 1.04. The maximum Gasteiger partial charge on any atom is 0.302 e. The van der Waals surface area contributed by atoms with Gasteiger partial charge in [-0.2, -0.15) is 13.1 Å². The molecular weight excluding hydrogens is 432 g/mol. The summed E-state index contributed by atoms with van der Waals surface area (Å²) in [7, 11) is -3.57. The SMILES string of the molecule is O=S1(=O)N[C@]2(CN1c1ccccc1)[C@@H]1CC[C@H]2Cc2cc(OCc3ccccc3)ccc2C1. The first-order chi connectivity index (χ1) is 16.0. The van der Waals surface area contributed by atoms with Gasteiger partial charge in [-0.25, -0.2) is 0 Å². The van der Waals surface area contributed by atoms with E-state index in [1.54, 1.807) is 4.31 Å². The highest BCUT2D eigenvalue weighted by molar-refractivity contribution is 7.91. The highest BCUT2D eigenvalue weighted by Gasteiger charge is 2.59. The van der Waals surface area contributed by atoms with E-state index in [0.29, 0.717) is 19.1 Å². The Kier molecular flexibility index (Phi) is 4.96. The second-order valence-electron chi connectivity index (χ2n) is 9.57. The number of nitrogens with zero attached hydrogens (tertiary/aromatic N) is 1. The van der Waals surface area contributed by atoms with E-state index in [-0.39, 0.29) is 5.92 Å². The number of hydrogen-bond donors (Lipinski definition) is 1. The standard InChI is InChI=1S/C27H28N2O3S/c30-33(31)28-27(19-29(33)25-9-5-2-6-10-25)23-12-13-24(27)16-22-17-26(14-11-21(22)15-23)32-18-20-7-3-1-4-8-20/h1-11,14,17,23-24,28H,12-13,15-16,18-19H2/t23-,24+,27-/m1/s1. The van der Waals surface area contributed by atoms with Crippen LogP contribution in [-0.4, -0.2) is 20.5 Å². The fourth-order valence-corrected chi connectivity index (χ4v) is 7.84. The molecule has 170 valence electrons. The lowest BCUT2D eigenvalue weighted by Gasteiger charge is -2.33. The van der Waals surface area contributed by atoms with Crippen molar-refractivity contribution in [2.75, 3.05) is 10.8 Å². The molecule has 1 saturated heterocycles. The molecule has 1 spiro atoms. The van der Waals surface area contributed by atoms with E-state index in [1.807, 2.05) is 48.5 Å². The van der Waals surface area contributed by atoms with Crippen LogP contribution in [0.4, 0.5) is 5.69 Å². The third kappa shape index (κ3) is 3.62. The molecule has 6 heteroatoms. The Labute approximate surface area is 195 Å². The Hall–Kier alpha value is -2.83. The second kappa shape index (κ2) is 7.89. The first kappa shape index (κ1) is 20.8. The summed E-state index contributed by atoms with van der Waals surface area (Å²) in [5.41, 5.74) is 4.08. The molecule has 33 heavy (non-hydrogen) atoms. The van der Waals surface area contributed by atoms with Gasteiger partial charge in [-0.1, -0.05) is 54.6 Å². The van der Waals surface area contributed by atoms with Crippen LogP contribution in [0.25, 0.3) is 0 Å². The van der Waals surface area contributed by atoms with E-state index < -0.39 is 15.7 Å². The van der Waals surface area contributed by atoms with E-state index in [0.717, 1.165) is 42.7 Å². The van der Waals surface area contributed by atoms with Gasteiger partial charge in [0.2, 0.25) is 0 Å². The lowest BCUT2D eigenvalue weighted by Crippen LogP contribution is -2.52. The smallest absolute Gasteiger partial charge is 0.302 e. The van der Waals surface area contributed by atoms with Crippen molar-refractivity contribution in [1.29, 1.82) is 0 Å². The average Bonchev–Trinajstić information content (AvgIpc) is 3.24. The predicted octanol–water partition coefficient (Wildman–Crippen LogP) is 4.48. The Morgan fingerprint density at radius 2 is 1.55 bits per heavy atom. The summed E-state index contributed by atoms with van der Waals surface area (Å²) in [5, 5.41) is 0. The molecule has 0 aromatic heterocycles. The summed E-state index contributed by atoms with van der Waals surface area (Å²) in [6, 6.07) is 26.1. The molecule has 1 N–H and O–H groups in total. The number of fused-ring (bicyclic) bond motifs is 1. The van der Waals surface area contributed by atoms with Gasteiger partial charge in [0.1, 0.15) is 12.4 Å². The van der Waals surface area contributed by atoms with Crippen molar-refractivity contribution in [3.05, 3.63) is 95.6 Å². The quantitative estimate of drug-likeness (QED) is 0.624. The lowest BCUT2D eigenvalue weighted by atomic mass is 9.79. The molecule has 0 amide bonds. The lowest BCUT2D eigenvalue weighted by molar-refractivity contribution is 0.249. The van der Waals surface area contributed by atoms with E-state index in [1.165, 1.54) is 11.1 Å². The molecule has 6 rings (SSSR count). The van der Waals surface area contributed by atoms with Crippen molar-refractivity contribution in [1.82, 2.24) is 4.72 Å². The Balaban J connectivity index is 1.27. The number of benzene rings is 3. The van der Waals surface area contributed by atoms with E-state index in [4.69, 9.17) is 4.74 Å². The van der Waals surface area contributed by atoms with E-state index in [2.05, 4.69) is 35.1 Å². The van der Waals surface area contributed by atoms with Crippen LogP contribution in [0.2, 0.25) is 0 Å². The van der Waals surface area contributed by atoms with Crippen LogP contribution in [0, 0.1) is 11.8 Å². The number of anilines is 1. The van der Waals surface area contributed by atoms with Crippen LogP contribution in [0.5, 0.6) is 5.75 Å². The number of ether oxygens (including phenoxy) is 1. The summed E-state index contributed by atoms with van der Waals surface area (Å²) in [6.07, 6.45) is 3.88. The van der Waals surface area contributed by atoms with Crippen molar-refractivity contribution in [3.63, 3.8) is 0 Å². The first-order valence-corrected chi connectivity index (χ1v) is 13.1. The van der Waals surface area contributed by atoms with Crippen molar-refractivity contribution >= 4 is 15.9 Å². The summed E-state index contributed by atoms with van der Waals surface area (Å²) in [5.74, 6) is 1.45. The summed E-state index contributed by atoms with van der Waals surface area (Å²) < 4.78 is 37.2. The molecule has 5 nitrogen and oxygen atoms in total. The maximum absolute atomic E-state index is 13.2. The molecule has 0 unspecified atom stereocenters. The molecule has 3 aromatic rings. The Morgan fingerprint density at radius 3 is 2.27 bits per heavy atom. The van der Waals surface area contributed by atoms with Crippen LogP contribution in [0.15, 0.2) is 78.9 Å². The van der Waals surface area contributed by atoms with Crippen molar-refractivity contribution in [2.24, 2.45) is 11.8 Å². The third-order valence-electron chi connectivity index (χ3n) is 7.74. The molecule has 1 aliphatic heterocycles. The Bertz CT molecular complexity index is 1260. The molecule has 0 radical (unpaired) electrons. The second-order valence-corrected chi connectivity index (χ2v) is 11.2. The molecule has 2 bridgehead atoms. The van der Waals surface area contributed by atoms with Crippen LogP contribution >= 0.6 is 0 Å².